The Morgan fingerprint density at radius 1 is 1.39 bits per heavy atom. The van der Waals surface area contributed by atoms with Crippen molar-refractivity contribution in [1.29, 1.82) is 0 Å². The van der Waals surface area contributed by atoms with Gasteiger partial charge in [0.05, 0.1) is 6.54 Å². The van der Waals surface area contributed by atoms with E-state index < -0.39 is 0 Å². The Morgan fingerprint density at radius 2 is 2.33 bits per heavy atom. The Kier molecular flexibility index (Phi) is 5.39. The molecule has 0 aromatic carbocycles. The monoisotopic (exact) mass is 248 g/mol. The molecule has 1 aliphatic carbocycles. The average molecular weight is 248 g/mol. The molecular formula is C14H24N4. The first-order chi connectivity index (χ1) is 8.90. The van der Waals surface area contributed by atoms with Gasteiger partial charge < -0.3 is 5.32 Å². The smallest absolute Gasteiger partial charge is 0.140 e. The maximum Gasteiger partial charge on any atom is 0.140 e. The van der Waals surface area contributed by atoms with Crippen molar-refractivity contribution in [3.63, 3.8) is 0 Å². The molecule has 1 N–H and O–H groups in total. The fraction of sp³-hybridized carbons (Fsp3) is 0.714. The summed E-state index contributed by atoms with van der Waals surface area (Å²) in [6.07, 6.45) is 11.7. The van der Waals surface area contributed by atoms with E-state index in [-0.39, 0.29) is 0 Å². The molecular weight excluding hydrogens is 224 g/mol. The van der Waals surface area contributed by atoms with Crippen LogP contribution < -0.4 is 5.32 Å². The van der Waals surface area contributed by atoms with Gasteiger partial charge in [-0.05, 0) is 45.1 Å². The molecule has 0 aliphatic heterocycles. The highest BCUT2D eigenvalue weighted by atomic mass is 15.3. The molecule has 18 heavy (non-hydrogen) atoms. The van der Waals surface area contributed by atoms with Crippen molar-refractivity contribution in [2.45, 2.75) is 58.5 Å². The van der Waals surface area contributed by atoms with Crippen molar-refractivity contribution < 1.29 is 0 Å². The largest absolute Gasteiger partial charge is 0.310 e. The van der Waals surface area contributed by atoms with Crippen LogP contribution in [0.25, 0.3) is 0 Å². The van der Waals surface area contributed by atoms with Crippen LogP contribution in [0.15, 0.2) is 18.0 Å². The fourth-order valence-corrected chi connectivity index (χ4v) is 2.40. The molecule has 0 unspecified atom stereocenters. The summed E-state index contributed by atoms with van der Waals surface area (Å²) in [6.45, 7) is 4.99. The topological polar surface area (TPSA) is 42.7 Å². The van der Waals surface area contributed by atoms with Crippen LogP contribution in [0.5, 0.6) is 0 Å². The minimum absolute atomic E-state index is 0.827. The first-order valence-electron chi connectivity index (χ1n) is 7.15. The fourth-order valence-electron chi connectivity index (χ4n) is 2.40. The molecule has 0 amide bonds. The minimum Gasteiger partial charge on any atom is -0.310 e. The second-order valence-corrected chi connectivity index (χ2v) is 4.93. The Hall–Kier alpha value is -1.16. The minimum atomic E-state index is 0.827. The number of aryl methyl sites for hydroxylation is 1. The van der Waals surface area contributed by atoms with Crippen LogP contribution in [0.3, 0.4) is 0 Å². The summed E-state index contributed by atoms with van der Waals surface area (Å²) in [4.78, 5) is 4.29. The molecule has 1 aliphatic rings. The second-order valence-electron chi connectivity index (χ2n) is 4.93. The van der Waals surface area contributed by atoms with E-state index in [9.17, 15) is 0 Å². The van der Waals surface area contributed by atoms with E-state index in [0.717, 1.165) is 31.9 Å². The summed E-state index contributed by atoms with van der Waals surface area (Å²) in [5.74, 6) is 1.05. The number of nitrogens with zero attached hydrogens (tertiary/aromatic N) is 3. The Bertz CT molecular complexity index is 381. The quantitative estimate of drug-likeness (QED) is 0.596. The van der Waals surface area contributed by atoms with Crippen molar-refractivity contribution in [2.24, 2.45) is 0 Å². The van der Waals surface area contributed by atoms with Gasteiger partial charge in [0.2, 0.25) is 0 Å². The summed E-state index contributed by atoms with van der Waals surface area (Å²) in [7, 11) is 0. The molecule has 0 atom stereocenters. The number of hydrogen-bond acceptors (Lipinski definition) is 3. The second kappa shape index (κ2) is 7.31. The third-order valence-corrected chi connectivity index (χ3v) is 3.42. The van der Waals surface area contributed by atoms with Gasteiger partial charge in [-0.15, -0.1) is 0 Å². The van der Waals surface area contributed by atoms with Gasteiger partial charge in [-0.2, -0.15) is 5.10 Å². The van der Waals surface area contributed by atoms with Crippen molar-refractivity contribution in [2.75, 3.05) is 6.54 Å². The van der Waals surface area contributed by atoms with E-state index in [1.165, 1.54) is 32.1 Å². The number of allylic oxidation sites excluding steroid dienone is 1. The lowest BCUT2D eigenvalue weighted by Gasteiger charge is -2.12. The molecule has 0 saturated carbocycles. The first kappa shape index (κ1) is 13.3. The molecule has 0 bridgehead atoms. The maximum atomic E-state index is 4.29. The zero-order valence-electron chi connectivity index (χ0n) is 11.4. The lowest BCUT2D eigenvalue weighted by Crippen LogP contribution is -2.19. The molecule has 4 nitrogen and oxygen atoms in total. The molecule has 0 fully saturated rings. The summed E-state index contributed by atoms with van der Waals surface area (Å²) in [5, 5.41) is 7.70. The third-order valence-electron chi connectivity index (χ3n) is 3.42. The van der Waals surface area contributed by atoms with Gasteiger partial charge in [0.15, 0.2) is 0 Å². The van der Waals surface area contributed by atoms with Gasteiger partial charge in [0.1, 0.15) is 12.2 Å². The van der Waals surface area contributed by atoms with E-state index >= 15 is 0 Å². The van der Waals surface area contributed by atoms with Crippen LogP contribution in [0, 0.1) is 0 Å². The van der Waals surface area contributed by atoms with Gasteiger partial charge in [0, 0.05) is 6.54 Å². The molecule has 0 spiro atoms. The summed E-state index contributed by atoms with van der Waals surface area (Å²) in [6, 6.07) is 0. The molecule has 4 heteroatoms. The van der Waals surface area contributed by atoms with Gasteiger partial charge in [-0.1, -0.05) is 18.6 Å². The predicted molar refractivity (Wildman–Crippen MR) is 73.2 cm³/mol. The van der Waals surface area contributed by atoms with Gasteiger partial charge >= 0.3 is 0 Å². The molecule has 0 saturated heterocycles. The van der Waals surface area contributed by atoms with E-state index in [2.05, 4.69) is 28.4 Å². The Balaban J connectivity index is 1.68. The van der Waals surface area contributed by atoms with Crippen LogP contribution in [-0.2, 0) is 13.1 Å². The van der Waals surface area contributed by atoms with Crippen molar-refractivity contribution >= 4 is 0 Å². The lowest BCUT2D eigenvalue weighted by atomic mass is 9.97. The number of nitrogens with one attached hydrogen (secondary N) is 1. The Morgan fingerprint density at radius 3 is 3.11 bits per heavy atom. The summed E-state index contributed by atoms with van der Waals surface area (Å²) in [5.41, 5.74) is 1.63. The zero-order valence-corrected chi connectivity index (χ0v) is 11.4. The van der Waals surface area contributed by atoms with E-state index in [1.807, 2.05) is 4.68 Å². The lowest BCUT2D eigenvalue weighted by molar-refractivity contribution is 0.540. The molecule has 1 aromatic rings. The molecule has 1 aromatic heterocycles. The standard InChI is InChI=1S/C14H24N4/c1-2-10-18-14(16-12-17-18)11-15-9-8-13-6-4-3-5-7-13/h6,12,15H,2-5,7-11H2,1H3. The van der Waals surface area contributed by atoms with Crippen molar-refractivity contribution in [3.05, 3.63) is 23.8 Å². The third kappa shape index (κ3) is 3.95. The average Bonchev–Trinajstić information content (AvgIpc) is 2.84. The maximum absolute atomic E-state index is 4.29. The highest BCUT2D eigenvalue weighted by molar-refractivity contribution is 5.05. The van der Waals surface area contributed by atoms with Crippen LogP contribution in [0.1, 0.15) is 51.3 Å². The predicted octanol–water partition coefficient (Wildman–Crippen LogP) is 2.67. The Labute approximate surface area is 109 Å². The normalized spacial score (nSPS) is 15.7. The van der Waals surface area contributed by atoms with Crippen molar-refractivity contribution in [1.82, 2.24) is 20.1 Å². The number of hydrogen-bond donors (Lipinski definition) is 1. The summed E-state index contributed by atoms with van der Waals surface area (Å²) < 4.78 is 1.99. The van der Waals surface area contributed by atoms with E-state index in [4.69, 9.17) is 0 Å². The highest BCUT2D eigenvalue weighted by Crippen LogP contribution is 2.19. The molecule has 2 rings (SSSR count). The van der Waals surface area contributed by atoms with Crippen LogP contribution >= 0.6 is 0 Å². The first-order valence-corrected chi connectivity index (χ1v) is 7.15. The van der Waals surface area contributed by atoms with E-state index in [0.29, 0.717) is 0 Å². The SMILES string of the molecule is CCCn1ncnc1CNCCC1=CCCCC1. The van der Waals surface area contributed by atoms with Gasteiger partial charge in [-0.25, -0.2) is 9.67 Å². The van der Waals surface area contributed by atoms with Gasteiger partial charge in [-0.3, -0.25) is 0 Å². The number of rotatable bonds is 7. The van der Waals surface area contributed by atoms with Crippen LogP contribution in [0.2, 0.25) is 0 Å². The van der Waals surface area contributed by atoms with Crippen LogP contribution in [-0.4, -0.2) is 21.3 Å². The highest BCUT2D eigenvalue weighted by Gasteiger charge is 2.05. The van der Waals surface area contributed by atoms with Crippen LogP contribution in [0.4, 0.5) is 0 Å². The molecule has 1 heterocycles. The number of aromatic nitrogens is 3. The zero-order chi connectivity index (χ0) is 12.6. The van der Waals surface area contributed by atoms with Gasteiger partial charge in [0.25, 0.3) is 0 Å². The molecule has 100 valence electrons. The van der Waals surface area contributed by atoms with E-state index in [1.54, 1.807) is 11.9 Å². The summed E-state index contributed by atoms with van der Waals surface area (Å²) >= 11 is 0. The molecule has 0 radical (unpaired) electrons. The van der Waals surface area contributed by atoms with Crippen molar-refractivity contribution in [3.8, 4) is 0 Å².